The summed E-state index contributed by atoms with van der Waals surface area (Å²) in [5, 5.41) is 10.1. The van der Waals surface area contributed by atoms with Crippen LogP contribution in [0.1, 0.15) is 28.0 Å². The lowest BCUT2D eigenvalue weighted by molar-refractivity contribution is 0.748. The summed E-state index contributed by atoms with van der Waals surface area (Å²) in [5.74, 6) is 0. The molecule has 5 rings (SSSR count). The van der Waals surface area contributed by atoms with Crippen molar-refractivity contribution in [2.45, 2.75) is 25.8 Å². The first-order chi connectivity index (χ1) is 13.7. The molecule has 0 radical (unpaired) electrons. The van der Waals surface area contributed by atoms with E-state index in [1.54, 1.807) is 22.2 Å². The summed E-state index contributed by atoms with van der Waals surface area (Å²) in [5.41, 5.74) is 4.89. The average molecular weight is 383 g/mol. The molecular formula is C23H17N3OS. The molecule has 0 spiro atoms. The topological polar surface area (TPSA) is 58.7 Å². The summed E-state index contributed by atoms with van der Waals surface area (Å²) in [4.78, 5) is 19.8. The number of fused-ring (bicyclic) bond motifs is 3. The molecule has 0 saturated heterocycles. The number of aromatic nitrogens is 2. The number of hydrogen-bond donors (Lipinski definition) is 0. The van der Waals surface area contributed by atoms with Crippen LogP contribution in [-0.4, -0.2) is 9.55 Å². The van der Waals surface area contributed by atoms with Crippen LogP contribution in [-0.2, 0) is 19.4 Å². The van der Waals surface area contributed by atoms with Crippen molar-refractivity contribution in [3.63, 3.8) is 0 Å². The summed E-state index contributed by atoms with van der Waals surface area (Å²) in [6, 6.07) is 17.8. The van der Waals surface area contributed by atoms with Gasteiger partial charge in [0.2, 0.25) is 0 Å². The van der Waals surface area contributed by atoms with E-state index in [0.717, 1.165) is 46.2 Å². The van der Waals surface area contributed by atoms with E-state index in [1.807, 2.05) is 48.5 Å². The smallest absolute Gasteiger partial charge is 0.262 e. The van der Waals surface area contributed by atoms with Crippen LogP contribution in [0.4, 0.5) is 0 Å². The van der Waals surface area contributed by atoms with Crippen LogP contribution in [0.3, 0.4) is 0 Å². The zero-order valence-corrected chi connectivity index (χ0v) is 16.0. The second-order valence-corrected chi connectivity index (χ2v) is 8.15. The Morgan fingerprint density at radius 3 is 2.75 bits per heavy atom. The van der Waals surface area contributed by atoms with Gasteiger partial charge < -0.3 is 0 Å². The SMILES string of the molecule is N#Cc1ccccc1-c1ccc(Cn2cnc3sc4c(c3c2=O)CCC4)cc1. The Hall–Kier alpha value is -3.23. The third-order valence-corrected chi connectivity index (χ3v) is 6.56. The van der Waals surface area contributed by atoms with E-state index < -0.39 is 0 Å². The normalized spacial score (nSPS) is 12.8. The molecular weight excluding hydrogens is 366 g/mol. The molecule has 4 aromatic rings. The second kappa shape index (κ2) is 6.74. The molecule has 136 valence electrons. The third-order valence-electron chi connectivity index (χ3n) is 5.36. The highest BCUT2D eigenvalue weighted by Gasteiger charge is 2.21. The fourth-order valence-electron chi connectivity index (χ4n) is 3.95. The van der Waals surface area contributed by atoms with E-state index in [9.17, 15) is 10.1 Å². The fourth-order valence-corrected chi connectivity index (χ4v) is 5.17. The molecule has 0 aliphatic heterocycles. The first kappa shape index (κ1) is 16.9. The number of nitrogens with zero attached hydrogens (tertiary/aromatic N) is 3. The van der Waals surface area contributed by atoms with Crippen molar-refractivity contribution in [3.8, 4) is 17.2 Å². The standard InChI is InChI=1S/C23H17N3OS/c24-12-17-4-1-2-5-18(17)16-10-8-15(9-11-16)13-26-14-25-22-21(23(26)27)19-6-3-7-20(19)28-22/h1-2,4-5,8-11,14H,3,6-7,13H2. The quantitative estimate of drug-likeness (QED) is 0.522. The van der Waals surface area contributed by atoms with Crippen molar-refractivity contribution in [1.82, 2.24) is 9.55 Å². The lowest BCUT2D eigenvalue weighted by atomic mass is 9.99. The Kier molecular flexibility index (Phi) is 4.07. The summed E-state index contributed by atoms with van der Waals surface area (Å²) in [6.07, 6.45) is 4.86. The minimum absolute atomic E-state index is 0.0586. The molecule has 0 bridgehead atoms. The summed E-state index contributed by atoms with van der Waals surface area (Å²) < 4.78 is 1.70. The van der Waals surface area contributed by atoms with Gasteiger partial charge in [-0.15, -0.1) is 11.3 Å². The zero-order valence-electron chi connectivity index (χ0n) is 15.2. The van der Waals surface area contributed by atoms with Gasteiger partial charge in [-0.3, -0.25) is 9.36 Å². The number of nitriles is 1. The van der Waals surface area contributed by atoms with E-state index >= 15 is 0 Å². The maximum Gasteiger partial charge on any atom is 0.262 e. The predicted molar refractivity (Wildman–Crippen MR) is 112 cm³/mol. The minimum atomic E-state index is 0.0586. The van der Waals surface area contributed by atoms with Gasteiger partial charge in [-0.1, -0.05) is 42.5 Å². The van der Waals surface area contributed by atoms with Gasteiger partial charge >= 0.3 is 0 Å². The highest BCUT2D eigenvalue weighted by atomic mass is 32.1. The summed E-state index contributed by atoms with van der Waals surface area (Å²) in [7, 11) is 0. The first-order valence-electron chi connectivity index (χ1n) is 9.33. The molecule has 0 N–H and O–H groups in total. The van der Waals surface area contributed by atoms with E-state index in [-0.39, 0.29) is 5.56 Å². The Morgan fingerprint density at radius 2 is 1.93 bits per heavy atom. The summed E-state index contributed by atoms with van der Waals surface area (Å²) >= 11 is 1.67. The Balaban J connectivity index is 1.48. The van der Waals surface area contributed by atoms with Crippen molar-refractivity contribution in [3.05, 3.63) is 86.8 Å². The number of benzene rings is 2. The van der Waals surface area contributed by atoms with Gasteiger partial charge in [0, 0.05) is 4.88 Å². The van der Waals surface area contributed by atoms with Gasteiger partial charge in [-0.2, -0.15) is 5.26 Å². The van der Waals surface area contributed by atoms with E-state index in [0.29, 0.717) is 12.1 Å². The van der Waals surface area contributed by atoms with Crippen molar-refractivity contribution < 1.29 is 0 Å². The molecule has 0 unspecified atom stereocenters. The van der Waals surface area contributed by atoms with Gasteiger partial charge in [0.25, 0.3) is 5.56 Å². The molecule has 5 heteroatoms. The van der Waals surface area contributed by atoms with E-state index in [1.165, 1.54) is 10.4 Å². The van der Waals surface area contributed by atoms with Gasteiger partial charge in [-0.25, -0.2) is 4.98 Å². The second-order valence-electron chi connectivity index (χ2n) is 7.07. The molecule has 0 fully saturated rings. The number of thiophene rings is 1. The van der Waals surface area contributed by atoms with Crippen LogP contribution in [0.5, 0.6) is 0 Å². The predicted octanol–water partition coefficient (Wildman–Crippen LogP) is 4.53. The van der Waals surface area contributed by atoms with Crippen LogP contribution in [0.25, 0.3) is 21.3 Å². The van der Waals surface area contributed by atoms with Crippen molar-refractivity contribution in [2.24, 2.45) is 0 Å². The van der Waals surface area contributed by atoms with Crippen molar-refractivity contribution >= 4 is 21.6 Å². The fraction of sp³-hybridized carbons (Fsp3) is 0.174. The van der Waals surface area contributed by atoms with Crippen molar-refractivity contribution in [2.75, 3.05) is 0 Å². The molecule has 4 nitrogen and oxygen atoms in total. The molecule has 0 saturated carbocycles. The zero-order chi connectivity index (χ0) is 19.1. The van der Waals surface area contributed by atoms with Gasteiger partial charge in [0.1, 0.15) is 4.83 Å². The van der Waals surface area contributed by atoms with Crippen molar-refractivity contribution in [1.29, 1.82) is 5.26 Å². The van der Waals surface area contributed by atoms with Gasteiger partial charge in [0.05, 0.1) is 29.9 Å². The van der Waals surface area contributed by atoms with Gasteiger partial charge in [-0.05, 0) is 47.6 Å². The average Bonchev–Trinajstić information content (AvgIpc) is 3.32. The van der Waals surface area contributed by atoms with Crippen LogP contribution < -0.4 is 5.56 Å². The van der Waals surface area contributed by atoms with Crippen LogP contribution >= 0.6 is 11.3 Å². The molecule has 2 aromatic heterocycles. The largest absolute Gasteiger partial charge is 0.294 e. The molecule has 1 aliphatic carbocycles. The van der Waals surface area contributed by atoms with Crippen LogP contribution in [0, 0.1) is 11.3 Å². The number of rotatable bonds is 3. The summed E-state index contributed by atoms with van der Waals surface area (Å²) in [6.45, 7) is 0.493. The van der Waals surface area contributed by atoms with Crippen LogP contribution in [0.15, 0.2) is 59.7 Å². The molecule has 2 heterocycles. The first-order valence-corrected chi connectivity index (χ1v) is 10.1. The molecule has 0 amide bonds. The molecule has 2 aromatic carbocycles. The molecule has 1 aliphatic rings. The Labute approximate surface area is 166 Å². The number of aryl methyl sites for hydroxylation is 2. The van der Waals surface area contributed by atoms with Crippen LogP contribution in [0.2, 0.25) is 0 Å². The Morgan fingerprint density at radius 1 is 1.11 bits per heavy atom. The monoisotopic (exact) mass is 383 g/mol. The number of hydrogen-bond acceptors (Lipinski definition) is 4. The molecule has 0 atom stereocenters. The maximum atomic E-state index is 13.0. The molecule has 28 heavy (non-hydrogen) atoms. The lowest BCUT2D eigenvalue weighted by Gasteiger charge is -2.08. The maximum absolute atomic E-state index is 13.0. The van der Waals surface area contributed by atoms with E-state index in [4.69, 9.17) is 0 Å². The lowest BCUT2D eigenvalue weighted by Crippen LogP contribution is -2.21. The Bertz CT molecular complexity index is 1290. The van der Waals surface area contributed by atoms with E-state index in [2.05, 4.69) is 11.1 Å². The minimum Gasteiger partial charge on any atom is -0.294 e. The van der Waals surface area contributed by atoms with Gasteiger partial charge in [0.15, 0.2) is 0 Å². The highest BCUT2D eigenvalue weighted by molar-refractivity contribution is 7.18. The highest BCUT2D eigenvalue weighted by Crippen LogP contribution is 2.34. The third kappa shape index (κ3) is 2.74.